The number of ether oxygens (including phenoxy) is 2. The Kier molecular flexibility index (Phi) is 11.0. The maximum atomic E-state index is 11.8. The molecule has 1 amide bonds. The zero-order valence-corrected chi connectivity index (χ0v) is 18.1. The van der Waals surface area contributed by atoms with Gasteiger partial charge in [-0.05, 0) is 40.0 Å². The van der Waals surface area contributed by atoms with Crippen molar-refractivity contribution in [3.8, 4) is 0 Å². The first-order chi connectivity index (χ1) is 12.7. The van der Waals surface area contributed by atoms with Gasteiger partial charge in [-0.25, -0.2) is 0 Å². The molecule has 0 radical (unpaired) electrons. The van der Waals surface area contributed by atoms with Crippen molar-refractivity contribution in [1.82, 2.24) is 5.32 Å². The Hall–Kier alpha value is -1.96. The molecule has 0 saturated heterocycles. The second-order valence-corrected chi connectivity index (χ2v) is 8.89. The predicted octanol–water partition coefficient (Wildman–Crippen LogP) is 2.09. The minimum Gasteiger partial charge on any atom is -0.427 e. The fraction of sp³-hybridized carbons (Fsp3) is 0.800. The van der Waals surface area contributed by atoms with E-state index in [1.807, 2.05) is 20.8 Å². The summed E-state index contributed by atoms with van der Waals surface area (Å²) in [6.07, 6.45) is 2.07. The lowest BCUT2D eigenvalue weighted by Crippen LogP contribution is -2.34. The molecule has 0 aromatic rings. The van der Waals surface area contributed by atoms with Gasteiger partial charge in [0.25, 0.3) is 0 Å². The highest BCUT2D eigenvalue weighted by Crippen LogP contribution is 2.17. The first-order valence-corrected chi connectivity index (χ1v) is 9.64. The molecule has 0 rings (SSSR count). The van der Waals surface area contributed by atoms with Gasteiger partial charge in [-0.1, -0.05) is 20.8 Å². The lowest BCUT2D eigenvalue weighted by molar-refractivity contribution is -0.174. The van der Waals surface area contributed by atoms with Crippen LogP contribution in [-0.2, 0) is 28.7 Å². The number of nitrogens with one attached hydrogen (secondary N) is 1. The SMILES string of the molecule is CC(C)(C)C(=O)CCC(=O)NCCCC[C@H](N)C(=O)OCOC(=O)C(C)(C)C. The molecule has 0 bridgehead atoms. The van der Waals surface area contributed by atoms with E-state index in [4.69, 9.17) is 15.2 Å². The zero-order valence-electron chi connectivity index (χ0n) is 18.1. The van der Waals surface area contributed by atoms with Gasteiger partial charge < -0.3 is 20.5 Å². The average molecular weight is 401 g/mol. The van der Waals surface area contributed by atoms with E-state index < -0.39 is 35.6 Å². The van der Waals surface area contributed by atoms with Crippen molar-refractivity contribution in [2.45, 2.75) is 79.7 Å². The molecule has 28 heavy (non-hydrogen) atoms. The number of carbonyl (C=O) groups is 4. The second-order valence-electron chi connectivity index (χ2n) is 8.89. The molecule has 0 aliphatic heterocycles. The molecule has 1 atom stereocenters. The minimum atomic E-state index is -0.812. The Balaban J connectivity index is 3.84. The van der Waals surface area contributed by atoms with Gasteiger partial charge >= 0.3 is 11.9 Å². The third kappa shape index (κ3) is 11.7. The van der Waals surface area contributed by atoms with Crippen LogP contribution in [0.25, 0.3) is 0 Å². The Morgan fingerprint density at radius 3 is 2.04 bits per heavy atom. The number of nitrogens with two attached hydrogens (primary N) is 1. The highest BCUT2D eigenvalue weighted by Gasteiger charge is 2.24. The summed E-state index contributed by atoms with van der Waals surface area (Å²) in [7, 11) is 0. The number of hydrogen-bond donors (Lipinski definition) is 2. The number of amides is 1. The Bertz CT molecular complexity index is 546. The zero-order chi connectivity index (χ0) is 22.0. The summed E-state index contributed by atoms with van der Waals surface area (Å²) in [6, 6.07) is -0.812. The van der Waals surface area contributed by atoms with Crippen LogP contribution < -0.4 is 11.1 Å². The van der Waals surface area contributed by atoms with Gasteiger partial charge in [-0.3, -0.25) is 19.2 Å². The smallest absolute Gasteiger partial charge is 0.325 e. The highest BCUT2D eigenvalue weighted by atomic mass is 16.7. The maximum absolute atomic E-state index is 11.8. The monoisotopic (exact) mass is 400 g/mol. The molecular weight excluding hydrogens is 364 g/mol. The standard InChI is InChI=1S/C20H36N2O6/c1-19(2,3)15(23)10-11-16(24)22-12-8-7-9-14(21)17(25)27-13-28-18(26)20(4,5)6/h14H,7-13,21H2,1-6H3,(H,22,24)/t14-/m0/s1. The molecule has 3 N–H and O–H groups in total. The number of esters is 2. The second kappa shape index (κ2) is 11.8. The van der Waals surface area contributed by atoms with E-state index in [1.165, 1.54) is 0 Å². The third-order valence-corrected chi connectivity index (χ3v) is 3.99. The van der Waals surface area contributed by atoms with Gasteiger partial charge in [-0.15, -0.1) is 0 Å². The largest absolute Gasteiger partial charge is 0.427 e. The molecule has 0 aromatic heterocycles. The Morgan fingerprint density at radius 2 is 1.50 bits per heavy atom. The molecule has 0 heterocycles. The molecule has 0 aromatic carbocycles. The molecule has 0 aliphatic carbocycles. The summed E-state index contributed by atoms with van der Waals surface area (Å²) in [6.45, 7) is 10.6. The van der Waals surface area contributed by atoms with E-state index >= 15 is 0 Å². The van der Waals surface area contributed by atoms with E-state index in [9.17, 15) is 19.2 Å². The summed E-state index contributed by atoms with van der Waals surface area (Å²) in [4.78, 5) is 46.8. The van der Waals surface area contributed by atoms with Gasteiger partial charge in [0.05, 0.1) is 5.41 Å². The van der Waals surface area contributed by atoms with Crippen molar-refractivity contribution >= 4 is 23.6 Å². The lowest BCUT2D eigenvalue weighted by Gasteiger charge is -2.17. The van der Waals surface area contributed by atoms with E-state index in [2.05, 4.69) is 5.32 Å². The van der Waals surface area contributed by atoms with Crippen molar-refractivity contribution in [1.29, 1.82) is 0 Å². The van der Waals surface area contributed by atoms with E-state index in [0.717, 1.165) is 0 Å². The number of rotatable bonds is 11. The molecular formula is C20H36N2O6. The van der Waals surface area contributed by atoms with Crippen LogP contribution in [0.4, 0.5) is 0 Å². The van der Waals surface area contributed by atoms with Crippen molar-refractivity contribution in [3.05, 3.63) is 0 Å². The average Bonchev–Trinajstić information content (AvgIpc) is 2.57. The lowest BCUT2D eigenvalue weighted by atomic mass is 9.88. The van der Waals surface area contributed by atoms with Gasteiger partial charge in [-0.2, -0.15) is 0 Å². The van der Waals surface area contributed by atoms with Crippen LogP contribution in [0.1, 0.15) is 73.6 Å². The summed E-state index contributed by atoms with van der Waals surface area (Å²) in [5.41, 5.74) is 4.64. The molecule has 8 heteroatoms. The minimum absolute atomic E-state index is 0.0558. The predicted molar refractivity (Wildman–Crippen MR) is 105 cm³/mol. The van der Waals surface area contributed by atoms with E-state index in [-0.39, 0.29) is 24.5 Å². The number of ketones is 1. The first kappa shape index (κ1) is 26.0. The van der Waals surface area contributed by atoms with E-state index in [0.29, 0.717) is 25.8 Å². The topological polar surface area (TPSA) is 125 Å². The highest BCUT2D eigenvalue weighted by molar-refractivity contribution is 5.88. The van der Waals surface area contributed by atoms with Crippen LogP contribution in [0, 0.1) is 10.8 Å². The third-order valence-electron chi connectivity index (χ3n) is 3.99. The summed E-state index contributed by atoms with van der Waals surface area (Å²) in [5.74, 6) is -1.21. The van der Waals surface area contributed by atoms with Crippen molar-refractivity contribution in [2.24, 2.45) is 16.6 Å². The van der Waals surface area contributed by atoms with Crippen molar-refractivity contribution in [2.75, 3.05) is 13.3 Å². The first-order valence-electron chi connectivity index (χ1n) is 9.64. The number of unbranched alkanes of at least 4 members (excludes halogenated alkanes) is 1. The van der Waals surface area contributed by atoms with Crippen LogP contribution in [0.3, 0.4) is 0 Å². The van der Waals surface area contributed by atoms with Crippen LogP contribution in [0.15, 0.2) is 0 Å². The quantitative estimate of drug-likeness (QED) is 0.309. The molecule has 0 saturated carbocycles. The van der Waals surface area contributed by atoms with Gasteiger partial charge in [0.2, 0.25) is 12.7 Å². The fourth-order valence-electron chi connectivity index (χ4n) is 1.99. The van der Waals surface area contributed by atoms with Gasteiger partial charge in [0.15, 0.2) is 0 Å². The van der Waals surface area contributed by atoms with Crippen LogP contribution in [-0.4, -0.2) is 43.0 Å². The molecule has 0 unspecified atom stereocenters. The van der Waals surface area contributed by atoms with Crippen LogP contribution >= 0.6 is 0 Å². The van der Waals surface area contributed by atoms with E-state index in [1.54, 1.807) is 20.8 Å². The molecule has 8 nitrogen and oxygen atoms in total. The number of hydrogen-bond acceptors (Lipinski definition) is 7. The summed E-state index contributed by atoms with van der Waals surface area (Å²) < 4.78 is 9.69. The summed E-state index contributed by atoms with van der Waals surface area (Å²) in [5, 5.41) is 2.75. The van der Waals surface area contributed by atoms with Crippen LogP contribution in [0.5, 0.6) is 0 Å². The summed E-state index contributed by atoms with van der Waals surface area (Å²) >= 11 is 0. The molecule has 162 valence electrons. The molecule has 0 spiro atoms. The molecule has 0 fully saturated rings. The molecule has 0 aliphatic rings. The Morgan fingerprint density at radius 1 is 0.893 bits per heavy atom. The Labute approximate surface area is 167 Å². The number of Topliss-reactive ketones (excluding diaryl/α,β-unsaturated/α-hetero) is 1. The van der Waals surface area contributed by atoms with Crippen LogP contribution in [0.2, 0.25) is 0 Å². The maximum Gasteiger partial charge on any atom is 0.325 e. The van der Waals surface area contributed by atoms with Gasteiger partial charge in [0, 0.05) is 24.8 Å². The van der Waals surface area contributed by atoms with Gasteiger partial charge in [0.1, 0.15) is 11.8 Å². The van der Waals surface area contributed by atoms with Crippen molar-refractivity contribution in [3.63, 3.8) is 0 Å². The number of carbonyl (C=O) groups excluding carboxylic acids is 4. The normalized spacial score (nSPS) is 12.8. The van der Waals surface area contributed by atoms with Crippen molar-refractivity contribution < 1.29 is 28.7 Å². The fourth-order valence-corrected chi connectivity index (χ4v) is 1.99.